The molecular weight excluding hydrogens is 974 g/mol. The standard InChI is InChI=1S/C57H33Cl2N11O4/c58-45-13-5-11-41(35-19-20-62-63-25-35)51(45)32-15-18-44-48(22-32)66-57(74)70(55(44)72)50-30-67(27-36-8-2-4-10-40(36)50)28-38-21-37(29-68-53(38)61-31-64-68)42-12-6-14-46(59)52(42)33-16-17-43-47(23-33)65-56(73)69(54(43)71)49-26-60-24-34-7-1-3-9-39(34)49/h1-27,29-31H,28H2,(H-,65,66,71,72,73,74)/p+1. The highest BCUT2D eigenvalue weighted by Crippen LogP contribution is 2.40. The van der Waals surface area contributed by atoms with Gasteiger partial charge in [0.2, 0.25) is 0 Å². The Bertz CT molecular complexity index is 4740. The number of fused-ring (bicyclic) bond motifs is 5. The van der Waals surface area contributed by atoms with Crippen molar-refractivity contribution in [2.24, 2.45) is 0 Å². The van der Waals surface area contributed by atoms with Gasteiger partial charge in [-0.2, -0.15) is 19.9 Å². The van der Waals surface area contributed by atoms with E-state index in [9.17, 15) is 19.2 Å². The largest absolute Gasteiger partial charge is 0.333 e. The second-order valence-corrected chi connectivity index (χ2v) is 18.5. The molecule has 7 aromatic heterocycles. The average Bonchev–Trinajstić information content (AvgIpc) is 3.90. The zero-order chi connectivity index (χ0) is 50.2. The number of aromatic nitrogens is 11. The molecule has 13 rings (SSSR count). The van der Waals surface area contributed by atoms with Crippen LogP contribution in [0.2, 0.25) is 10.0 Å². The molecule has 0 radical (unpaired) electrons. The maximum atomic E-state index is 14.6. The molecule has 6 aromatic carbocycles. The Kier molecular flexibility index (Phi) is 10.5. The van der Waals surface area contributed by atoms with E-state index in [-0.39, 0.29) is 6.54 Å². The molecule has 0 saturated heterocycles. The van der Waals surface area contributed by atoms with E-state index in [1.165, 1.54) is 17.1 Å². The summed E-state index contributed by atoms with van der Waals surface area (Å²) in [6.07, 6.45) is 13.5. The number of halogens is 2. The summed E-state index contributed by atoms with van der Waals surface area (Å²) < 4.78 is 5.88. The minimum atomic E-state index is -0.624. The number of benzene rings is 6. The van der Waals surface area contributed by atoms with Gasteiger partial charge in [0, 0.05) is 66.2 Å². The van der Waals surface area contributed by atoms with E-state index >= 15 is 0 Å². The highest BCUT2D eigenvalue weighted by Gasteiger charge is 2.23. The highest BCUT2D eigenvalue weighted by molar-refractivity contribution is 6.34. The van der Waals surface area contributed by atoms with Gasteiger partial charge in [-0.3, -0.25) is 14.6 Å². The van der Waals surface area contributed by atoms with Gasteiger partial charge in [-0.05, 0) is 76.9 Å². The monoisotopic (exact) mass is 1010 g/mol. The molecule has 0 fully saturated rings. The van der Waals surface area contributed by atoms with Gasteiger partial charge in [-0.15, -0.1) is 0 Å². The Morgan fingerprint density at radius 2 is 1.16 bits per heavy atom. The van der Waals surface area contributed by atoms with Gasteiger partial charge >= 0.3 is 11.4 Å². The number of pyridine rings is 3. The zero-order valence-corrected chi connectivity index (χ0v) is 40.0. The second-order valence-electron chi connectivity index (χ2n) is 17.7. The summed E-state index contributed by atoms with van der Waals surface area (Å²) in [5.41, 5.74) is 6.40. The Labute approximate surface area is 426 Å². The molecule has 13 aromatic rings. The predicted molar refractivity (Wildman–Crippen MR) is 286 cm³/mol. The normalized spacial score (nSPS) is 11.6. The molecule has 74 heavy (non-hydrogen) atoms. The topological polar surface area (TPSA) is 182 Å². The van der Waals surface area contributed by atoms with Crippen molar-refractivity contribution in [3.63, 3.8) is 0 Å². The lowest BCUT2D eigenvalue weighted by molar-refractivity contribution is -0.686. The van der Waals surface area contributed by atoms with Crippen molar-refractivity contribution >= 4 is 72.2 Å². The molecule has 0 aliphatic heterocycles. The fourth-order valence-electron chi connectivity index (χ4n) is 10.0. The third-order valence-corrected chi connectivity index (χ3v) is 14.0. The molecule has 0 spiro atoms. The number of hydrogen-bond donors (Lipinski definition) is 2. The van der Waals surface area contributed by atoms with Crippen molar-refractivity contribution in [1.29, 1.82) is 0 Å². The van der Waals surface area contributed by atoms with Crippen LogP contribution < -0.4 is 27.1 Å². The molecule has 0 amide bonds. The fourth-order valence-corrected chi connectivity index (χ4v) is 10.6. The van der Waals surface area contributed by atoms with Crippen molar-refractivity contribution in [1.82, 2.24) is 48.9 Å². The molecule has 15 nitrogen and oxygen atoms in total. The van der Waals surface area contributed by atoms with Crippen LogP contribution in [0.15, 0.2) is 202 Å². The van der Waals surface area contributed by atoms with E-state index < -0.39 is 22.5 Å². The first kappa shape index (κ1) is 44.3. The lowest BCUT2D eigenvalue weighted by Gasteiger charge is -2.15. The van der Waals surface area contributed by atoms with E-state index in [0.717, 1.165) is 48.7 Å². The van der Waals surface area contributed by atoms with Gasteiger partial charge in [0.15, 0.2) is 24.6 Å². The summed E-state index contributed by atoms with van der Waals surface area (Å²) in [7, 11) is 0. The van der Waals surface area contributed by atoms with E-state index in [2.05, 4.69) is 35.2 Å². The minimum absolute atomic E-state index is 0.246. The Balaban J connectivity index is 0.896. The number of nitrogens with one attached hydrogen (secondary N) is 2. The van der Waals surface area contributed by atoms with Gasteiger partial charge in [-0.1, -0.05) is 102 Å². The van der Waals surface area contributed by atoms with Crippen LogP contribution in [-0.2, 0) is 6.54 Å². The molecule has 0 aliphatic rings. The molecule has 0 bridgehead atoms. The van der Waals surface area contributed by atoms with Crippen LogP contribution in [0.1, 0.15) is 5.56 Å². The first-order chi connectivity index (χ1) is 36.2. The van der Waals surface area contributed by atoms with Crippen LogP contribution in [0.25, 0.3) is 105 Å². The SMILES string of the molecule is O=c1[nH]c2cc(-c3c(Cl)cccc3-c3cc(C[n+]4cc(-n5c(=O)[nH]c6cc(-c7c(Cl)cccc7-c7ccnnc7)ccc6c5=O)c5ccccc5c4)c4ncnn4c3)ccc2c(=O)n1-c1cncc2ccccc12. The van der Waals surface area contributed by atoms with Gasteiger partial charge in [0.1, 0.15) is 12.0 Å². The highest BCUT2D eigenvalue weighted by atomic mass is 35.5. The first-order valence-corrected chi connectivity index (χ1v) is 23.9. The Morgan fingerprint density at radius 3 is 1.82 bits per heavy atom. The molecule has 0 aliphatic carbocycles. The smallest absolute Gasteiger partial charge is 0.306 e. The van der Waals surface area contributed by atoms with Crippen LogP contribution in [0.3, 0.4) is 0 Å². The summed E-state index contributed by atoms with van der Waals surface area (Å²) >= 11 is 13.9. The zero-order valence-electron chi connectivity index (χ0n) is 38.4. The summed E-state index contributed by atoms with van der Waals surface area (Å²) in [5, 5.41) is 17.0. The molecule has 7 heterocycles. The lowest BCUT2D eigenvalue weighted by Crippen LogP contribution is -2.39. The van der Waals surface area contributed by atoms with Crippen LogP contribution in [0.5, 0.6) is 0 Å². The van der Waals surface area contributed by atoms with Gasteiger partial charge < -0.3 is 9.97 Å². The Morgan fingerprint density at radius 1 is 0.541 bits per heavy atom. The van der Waals surface area contributed by atoms with Crippen molar-refractivity contribution < 1.29 is 4.57 Å². The van der Waals surface area contributed by atoms with Crippen LogP contribution in [0, 0.1) is 0 Å². The number of rotatable bonds is 8. The molecule has 0 atom stereocenters. The van der Waals surface area contributed by atoms with Crippen molar-refractivity contribution in [2.45, 2.75) is 6.54 Å². The molecule has 17 heteroatoms. The van der Waals surface area contributed by atoms with Crippen molar-refractivity contribution in [2.75, 3.05) is 0 Å². The predicted octanol–water partition coefficient (Wildman–Crippen LogP) is 9.52. The second kappa shape index (κ2) is 17.6. The fraction of sp³-hybridized carbons (Fsp3) is 0.0175. The third kappa shape index (κ3) is 7.36. The molecular formula is C57H34Cl2N11O4+. The van der Waals surface area contributed by atoms with E-state index in [1.807, 2.05) is 114 Å². The van der Waals surface area contributed by atoms with Gasteiger partial charge in [0.05, 0.1) is 51.6 Å². The lowest BCUT2D eigenvalue weighted by atomic mass is 9.94. The van der Waals surface area contributed by atoms with E-state index in [1.54, 1.807) is 65.7 Å². The number of hydrogen-bond acceptors (Lipinski definition) is 9. The molecule has 0 saturated carbocycles. The summed E-state index contributed by atoms with van der Waals surface area (Å²) in [6, 6.07) is 40.5. The number of nitrogens with zero attached hydrogens (tertiary/aromatic N) is 9. The first-order valence-electron chi connectivity index (χ1n) is 23.2. The average molecular weight is 1010 g/mol. The third-order valence-electron chi connectivity index (χ3n) is 13.4. The maximum Gasteiger partial charge on any atom is 0.333 e. The molecule has 2 N–H and O–H groups in total. The summed E-state index contributed by atoms with van der Waals surface area (Å²) in [6.45, 7) is 0.246. The van der Waals surface area contributed by atoms with Crippen LogP contribution >= 0.6 is 23.2 Å². The van der Waals surface area contributed by atoms with Gasteiger partial charge in [0.25, 0.3) is 11.1 Å². The Hall–Kier alpha value is -9.70. The summed E-state index contributed by atoms with van der Waals surface area (Å²) in [4.78, 5) is 71.6. The van der Waals surface area contributed by atoms with E-state index in [4.69, 9.17) is 23.2 Å². The van der Waals surface area contributed by atoms with Crippen molar-refractivity contribution in [3.8, 4) is 55.9 Å². The van der Waals surface area contributed by atoms with Crippen LogP contribution in [0.4, 0.5) is 0 Å². The quantitative estimate of drug-likeness (QED) is 0.140. The van der Waals surface area contributed by atoms with Crippen molar-refractivity contribution in [3.05, 3.63) is 240 Å². The van der Waals surface area contributed by atoms with Crippen LogP contribution in [-0.4, -0.2) is 48.9 Å². The number of H-pyrrole nitrogens is 2. The summed E-state index contributed by atoms with van der Waals surface area (Å²) in [5.74, 6) is 0. The minimum Gasteiger partial charge on any atom is -0.306 e. The number of aromatic amines is 2. The molecule has 0 unspecified atom stereocenters. The maximum absolute atomic E-state index is 14.6. The van der Waals surface area contributed by atoms with E-state index in [0.29, 0.717) is 76.3 Å². The van der Waals surface area contributed by atoms with Gasteiger partial charge in [-0.25, -0.2) is 28.2 Å². The molecule has 354 valence electrons.